The van der Waals surface area contributed by atoms with Gasteiger partial charge in [-0.15, -0.1) is 0 Å². The van der Waals surface area contributed by atoms with E-state index < -0.39 is 0 Å². The van der Waals surface area contributed by atoms with Crippen LogP contribution >= 0.6 is 0 Å². The molecule has 3 aromatic rings. The fraction of sp³-hybridized carbons (Fsp3) is 0.125. The van der Waals surface area contributed by atoms with E-state index in [4.69, 9.17) is 9.47 Å². The predicted molar refractivity (Wildman–Crippen MR) is 86.4 cm³/mol. The van der Waals surface area contributed by atoms with Gasteiger partial charge in [0.1, 0.15) is 11.5 Å². The summed E-state index contributed by atoms with van der Waals surface area (Å²) in [6, 6.07) is 12.3. The number of nitrogens with zero attached hydrogens (tertiary/aromatic N) is 3. The van der Waals surface area contributed by atoms with E-state index in [2.05, 4.69) is 25.9 Å². The van der Waals surface area contributed by atoms with Gasteiger partial charge in [-0.3, -0.25) is 4.79 Å². The van der Waals surface area contributed by atoms with Gasteiger partial charge in [-0.25, -0.2) is 0 Å². The Morgan fingerprint density at radius 3 is 2.50 bits per heavy atom. The molecule has 8 heteroatoms. The number of hydrogen-bond acceptors (Lipinski definition) is 6. The number of aromatic amines is 1. The van der Waals surface area contributed by atoms with Crippen molar-refractivity contribution in [2.75, 3.05) is 12.4 Å². The summed E-state index contributed by atoms with van der Waals surface area (Å²) in [6.45, 7) is 1.86. The largest absolute Gasteiger partial charge is 0.497 e. The highest BCUT2D eigenvalue weighted by atomic mass is 16.5. The van der Waals surface area contributed by atoms with Crippen molar-refractivity contribution in [3.8, 4) is 17.5 Å². The van der Waals surface area contributed by atoms with Gasteiger partial charge in [0.15, 0.2) is 0 Å². The summed E-state index contributed by atoms with van der Waals surface area (Å²) in [7, 11) is 1.59. The van der Waals surface area contributed by atoms with Crippen LogP contribution in [0, 0.1) is 6.92 Å². The van der Waals surface area contributed by atoms with E-state index in [1.54, 1.807) is 43.5 Å². The van der Waals surface area contributed by atoms with Crippen LogP contribution in [0.25, 0.3) is 0 Å². The van der Waals surface area contributed by atoms with E-state index in [1.807, 2.05) is 13.0 Å². The second kappa shape index (κ2) is 6.78. The molecule has 0 unspecified atom stereocenters. The molecule has 0 aliphatic carbocycles. The maximum Gasteiger partial charge on any atom is 0.361 e. The van der Waals surface area contributed by atoms with Crippen molar-refractivity contribution in [3.63, 3.8) is 0 Å². The van der Waals surface area contributed by atoms with Crippen LogP contribution in [-0.4, -0.2) is 33.6 Å². The van der Waals surface area contributed by atoms with Crippen LogP contribution < -0.4 is 14.8 Å². The molecule has 1 heterocycles. The van der Waals surface area contributed by atoms with E-state index in [0.29, 0.717) is 22.7 Å². The van der Waals surface area contributed by atoms with Gasteiger partial charge < -0.3 is 14.8 Å². The van der Waals surface area contributed by atoms with Crippen LogP contribution in [0.15, 0.2) is 42.5 Å². The molecule has 1 amide bonds. The number of methoxy groups -OCH3 is 1. The average Bonchev–Trinajstić information content (AvgIpc) is 3.09. The second-order valence-corrected chi connectivity index (χ2v) is 4.96. The molecule has 0 spiro atoms. The van der Waals surface area contributed by atoms with Crippen molar-refractivity contribution in [2.45, 2.75) is 6.92 Å². The van der Waals surface area contributed by atoms with Crippen molar-refractivity contribution in [1.82, 2.24) is 20.6 Å². The first kappa shape index (κ1) is 15.5. The Morgan fingerprint density at radius 1 is 1.12 bits per heavy atom. The quantitative estimate of drug-likeness (QED) is 0.747. The number of rotatable bonds is 5. The van der Waals surface area contributed by atoms with Gasteiger partial charge in [0.2, 0.25) is 0 Å². The first-order valence-electron chi connectivity index (χ1n) is 7.13. The van der Waals surface area contributed by atoms with Gasteiger partial charge in [0.05, 0.1) is 7.11 Å². The first-order chi connectivity index (χ1) is 11.7. The Hall–Kier alpha value is -3.42. The number of aryl methyl sites for hydroxylation is 1. The van der Waals surface area contributed by atoms with E-state index >= 15 is 0 Å². The van der Waals surface area contributed by atoms with Crippen LogP contribution in [0.4, 0.5) is 5.69 Å². The maximum atomic E-state index is 12.4. The van der Waals surface area contributed by atoms with E-state index in [1.165, 1.54) is 0 Å². The number of carbonyl (C=O) groups excluding carboxylic acids is 1. The van der Waals surface area contributed by atoms with Crippen LogP contribution in [0.3, 0.4) is 0 Å². The van der Waals surface area contributed by atoms with E-state index in [0.717, 1.165) is 5.56 Å². The fourth-order valence-corrected chi connectivity index (χ4v) is 2.12. The number of carbonyl (C=O) groups is 1. The molecule has 0 aliphatic rings. The molecule has 1 aromatic heterocycles. The van der Waals surface area contributed by atoms with Crippen LogP contribution in [0.1, 0.15) is 15.9 Å². The third-order valence-electron chi connectivity index (χ3n) is 3.33. The molecule has 0 aliphatic heterocycles. The molecule has 8 nitrogen and oxygen atoms in total. The summed E-state index contributed by atoms with van der Waals surface area (Å²) < 4.78 is 10.5. The molecule has 24 heavy (non-hydrogen) atoms. The summed E-state index contributed by atoms with van der Waals surface area (Å²) in [4.78, 5) is 12.4. The SMILES string of the molecule is COc1ccc(C(=O)Nc2ccc(Oc3nn[nH]n3)cc2)c(C)c1. The number of anilines is 1. The molecular weight excluding hydrogens is 310 g/mol. The molecule has 0 radical (unpaired) electrons. The molecule has 0 saturated heterocycles. The Balaban J connectivity index is 1.68. The number of ether oxygens (including phenoxy) is 2. The Labute approximate surface area is 137 Å². The van der Waals surface area contributed by atoms with Gasteiger partial charge in [0, 0.05) is 11.3 Å². The van der Waals surface area contributed by atoms with Crippen molar-refractivity contribution >= 4 is 11.6 Å². The van der Waals surface area contributed by atoms with Crippen molar-refractivity contribution in [3.05, 3.63) is 53.6 Å². The minimum absolute atomic E-state index is 0.126. The topological polar surface area (TPSA) is 102 Å². The number of H-pyrrole nitrogens is 1. The lowest BCUT2D eigenvalue weighted by molar-refractivity contribution is 0.102. The molecule has 0 fully saturated rings. The third kappa shape index (κ3) is 3.49. The molecule has 122 valence electrons. The summed E-state index contributed by atoms with van der Waals surface area (Å²) >= 11 is 0. The average molecular weight is 325 g/mol. The van der Waals surface area contributed by atoms with Crippen molar-refractivity contribution in [1.29, 1.82) is 0 Å². The van der Waals surface area contributed by atoms with Crippen molar-refractivity contribution in [2.24, 2.45) is 0 Å². The zero-order valence-electron chi connectivity index (χ0n) is 13.1. The minimum atomic E-state index is -0.193. The number of aromatic nitrogens is 4. The molecule has 3 rings (SSSR count). The summed E-state index contributed by atoms with van der Waals surface area (Å²) in [6.07, 6.45) is 0. The Kier molecular flexibility index (Phi) is 4.37. The smallest absolute Gasteiger partial charge is 0.361 e. The van der Waals surface area contributed by atoms with Gasteiger partial charge in [-0.2, -0.15) is 5.21 Å². The summed E-state index contributed by atoms with van der Waals surface area (Å²) in [5, 5.41) is 15.9. The van der Waals surface area contributed by atoms with Gasteiger partial charge in [-0.05, 0) is 60.2 Å². The zero-order valence-corrected chi connectivity index (χ0v) is 13.1. The first-order valence-corrected chi connectivity index (χ1v) is 7.13. The minimum Gasteiger partial charge on any atom is -0.497 e. The van der Waals surface area contributed by atoms with Gasteiger partial charge in [-0.1, -0.05) is 10.2 Å². The zero-order chi connectivity index (χ0) is 16.9. The number of nitrogens with one attached hydrogen (secondary N) is 2. The lowest BCUT2D eigenvalue weighted by atomic mass is 10.1. The van der Waals surface area contributed by atoms with Gasteiger partial charge in [0.25, 0.3) is 5.91 Å². The van der Waals surface area contributed by atoms with Crippen LogP contribution in [-0.2, 0) is 0 Å². The summed E-state index contributed by atoms with van der Waals surface area (Å²) in [5.74, 6) is 1.06. The highest BCUT2D eigenvalue weighted by Gasteiger charge is 2.10. The summed E-state index contributed by atoms with van der Waals surface area (Å²) in [5.41, 5.74) is 2.07. The standard InChI is InChI=1S/C16H15N5O3/c1-10-9-13(23-2)7-8-14(10)15(22)17-11-3-5-12(6-4-11)24-16-18-20-21-19-16/h3-9H,1-2H3,(H,17,22)(H,18,19,20,21). The number of benzene rings is 2. The Bertz CT molecular complexity index is 831. The molecule has 0 bridgehead atoms. The second-order valence-electron chi connectivity index (χ2n) is 4.96. The molecule has 0 atom stereocenters. The normalized spacial score (nSPS) is 10.2. The highest BCUT2D eigenvalue weighted by Crippen LogP contribution is 2.21. The van der Waals surface area contributed by atoms with Crippen molar-refractivity contribution < 1.29 is 14.3 Å². The van der Waals surface area contributed by atoms with Gasteiger partial charge >= 0.3 is 6.01 Å². The maximum absolute atomic E-state index is 12.4. The fourth-order valence-electron chi connectivity index (χ4n) is 2.12. The molecular formula is C16H15N5O3. The Morgan fingerprint density at radius 2 is 1.88 bits per heavy atom. The van der Waals surface area contributed by atoms with E-state index in [9.17, 15) is 4.79 Å². The number of tetrazole rings is 1. The monoisotopic (exact) mass is 325 g/mol. The molecule has 2 aromatic carbocycles. The van der Waals surface area contributed by atoms with E-state index in [-0.39, 0.29) is 11.9 Å². The number of amides is 1. The number of hydrogen-bond donors (Lipinski definition) is 2. The predicted octanol–water partition coefficient (Wildman–Crippen LogP) is 2.56. The van der Waals surface area contributed by atoms with Crippen LogP contribution in [0.5, 0.6) is 17.5 Å². The lowest BCUT2D eigenvalue weighted by Crippen LogP contribution is -2.13. The van der Waals surface area contributed by atoms with Crippen LogP contribution in [0.2, 0.25) is 0 Å². The lowest BCUT2D eigenvalue weighted by Gasteiger charge is -2.09. The third-order valence-corrected chi connectivity index (χ3v) is 3.33. The highest BCUT2D eigenvalue weighted by molar-refractivity contribution is 6.05. The molecule has 0 saturated carbocycles. The molecule has 2 N–H and O–H groups in total.